The first-order valence-corrected chi connectivity index (χ1v) is 9.29. The van der Waals surface area contributed by atoms with Crippen molar-refractivity contribution in [3.63, 3.8) is 0 Å². The molecule has 1 aliphatic rings. The first kappa shape index (κ1) is 19.5. The van der Waals surface area contributed by atoms with Crippen LogP contribution >= 0.6 is 0 Å². The predicted octanol–water partition coefficient (Wildman–Crippen LogP) is 3.50. The van der Waals surface area contributed by atoms with Gasteiger partial charge in [0.1, 0.15) is 11.6 Å². The van der Waals surface area contributed by atoms with Crippen LogP contribution in [-0.4, -0.2) is 24.0 Å². The summed E-state index contributed by atoms with van der Waals surface area (Å²) in [5.74, 6) is -0.595. The number of aryl methyl sites for hydroxylation is 1. The minimum Gasteiger partial charge on any atom is -0.299 e. The monoisotopic (exact) mass is 374 g/mol. The number of benzene rings is 2. The van der Waals surface area contributed by atoms with E-state index in [2.05, 4.69) is 16.0 Å². The van der Waals surface area contributed by atoms with E-state index >= 15 is 0 Å². The molecule has 144 valence electrons. The average Bonchev–Trinajstić information content (AvgIpc) is 2.58. The lowest BCUT2D eigenvalue weighted by molar-refractivity contribution is -0.242. The van der Waals surface area contributed by atoms with Gasteiger partial charge in [0.25, 0.3) is 0 Å². The number of nitrogens with zero attached hydrogens (tertiary/aromatic N) is 1. The van der Waals surface area contributed by atoms with Gasteiger partial charge in [-0.2, -0.15) is 0 Å². The van der Waals surface area contributed by atoms with E-state index in [9.17, 15) is 13.6 Å². The summed E-state index contributed by atoms with van der Waals surface area (Å²) >= 11 is 0. The number of urea groups is 1. The minimum absolute atomic E-state index is 0.317. The van der Waals surface area contributed by atoms with E-state index < -0.39 is 11.6 Å². The molecule has 0 unspecified atom stereocenters. The maximum absolute atomic E-state index is 13.4. The molecule has 0 radical (unpaired) electrons. The van der Waals surface area contributed by atoms with Gasteiger partial charge >= 0.3 is 6.03 Å². The predicted molar refractivity (Wildman–Crippen MR) is 101 cm³/mol. The molecule has 2 aromatic rings. The number of rotatable bonds is 5. The maximum atomic E-state index is 13.4. The topological polar surface area (TPSA) is 60.0 Å². The van der Waals surface area contributed by atoms with E-state index in [1.165, 1.54) is 12.1 Å². The fourth-order valence-corrected chi connectivity index (χ4v) is 3.81. The third-order valence-electron chi connectivity index (χ3n) is 5.22. The smallest absolute Gasteiger partial charge is 0.299 e. The number of piperidine rings is 1. The largest absolute Gasteiger partial charge is 0.416 e. The Morgan fingerprint density at radius 2 is 1.85 bits per heavy atom. The second-order valence-electron chi connectivity index (χ2n) is 7.35. The standard InChI is InChI=1S/C21H25F2N3O/c1-14-3-2-4-20(25-21(24)27)19(14)13-26-7-5-15(6-8-26)9-16-10-17(22)12-18(23)11-16/h2-4,10-12,15H,5-9,13H2,1H3,(H3,24,25,27)/p+1. The van der Waals surface area contributed by atoms with E-state index in [0.29, 0.717) is 12.3 Å². The highest BCUT2D eigenvalue weighted by atomic mass is 19.1. The Hall–Kier alpha value is -2.31. The Morgan fingerprint density at radius 3 is 2.48 bits per heavy atom. The fraction of sp³-hybridized carbons (Fsp3) is 0.381. The van der Waals surface area contributed by atoms with E-state index in [4.69, 9.17) is 0 Å². The van der Waals surface area contributed by atoms with Crippen molar-refractivity contribution in [2.24, 2.45) is 5.92 Å². The molecule has 2 amide bonds. The molecule has 4 N–H and O–H groups in total. The molecule has 4 nitrogen and oxygen atoms in total. The van der Waals surface area contributed by atoms with Gasteiger partial charge in [0.2, 0.25) is 0 Å². The Labute approximate surface area is 158 Å². The number of quaternary nitrogens is 1. The van der Waals surface area contributed by atoms with Crippen molar-refractivity contribution in [3.05, 3.63) is 64.7 Å². The zero-order valence-corrected chi connectivity index (χ0v) is 15.6. The molecule has 3 rings (SSSR count). The molecule has 6 heteroatoms. The highest BCUT2D eigenvalue weighted by molar-refractivity contribution is 5.82. The second kappa shape index (κ2) is 8.59. The van der Waals surface area contributed by atoms with Crippen LogP contribution in [0.15, 0.2) is 36.4 Å². The molecule has 27 heavy (non-hydrogen) atoms. The van der Waals surface area contributed by atoms with E-state index in [1.807, 2.05) is 25.1 Å². The zero-order valence-electron chi connectivity index (χ0n) is 15.6. The van der Waals surface area contributed by atoms with Crippen molar-refractivity contribution in [2.75, 3.05) is 18.4 Å². The summed E-state index contributed by atoms with van der Waals surface area (Å²) < 4.78 is 26.7. The summed E-state index contributed by atoms with van der Waals surface area (Å²) in [5, 5.41) is 2.81. The molecule has 1 aliphatic heterocycles. The van der Waals surface area contributed by atoms with Crippen LogP contribution in [0.2, 0.25) is 0 Å². The molecule has 0 aromatic heterocycles. The zero-order chi connectivity index (χ0) is 19.4. The van der Waals surface area contributed by atoms with Gasteiger partial charge < -0.3 is 0 Å². The molecule has 0 aliphatic carbocycles. The van der Waals surface area contributed by atoms with Gasteiger partial charge in [-0.1, -0.05) is 12.1 Å². The summed E-state index contributed by atoms with van der Waals surface area (Å²) in [5.41, 5.74) is 7.18. The number of carbonyl (C=O) groups is 1. The molecular formula is C21H26F2N3O+. The van der Waals surface area contributed by atoms with E-state index in [0.717, 1.165) is 60.9 Å². The first-order chi connectivity index (χ1) is 12.9. The van der Waals surface area contributed by atoms with Gasteiger partial charge in [-0.25, -0.2) is 13.6 Å². The number of amides is 2. The number of halogens is 2. The SMILES string of the molecule is Cc1cccc(NC([NH3+])=O)c1CN1CCC(Cc2cc(F)cc(F)c2)CC1. The molecule has 0 saturated carbocycles. The van der Waals surface area contributed by atoms with Crippen LogP contribution in [0.4, 0.5) is 19.3 Å². The Bertz CT molecular complexity index is 797. The number of nitrogens with one attached hydrogen (secondary N) is 1. The van der Waals surface area contributed by atoms with Crippen LogP contribution in [0.25, 0.3) is 0 Å². The van der Waals surface area contributed by atoms with E-state index in [-0.39, 0.29) is 6.03 Å². The summed E-state index contributed by atoms with van der Waals surface area (Å²) in [6.45, 7) is 4.66. The highest BCUT2D eigenvalue weighted by Gasteiger charge is 2.21. The van der Waals surface area contributed by atoms with Crippen molar-refractivity contribution >= 4 is 11.7 Å². The van der Waals surface area contributed by atoms with Crippen LogP contribution in [-0.2, 0) is 13.0 Å². The molecule has 0 atom stereocenters. The number of likely N-dealkylation sites (tertiary alicyclic amines) is 1. The highest BCUT2D eigenvalue weighted by Crippen LogP contribution is 2.26. The van der Waals surface area contributed by atoms with Gasteiger partial charge in [0, 0.05) is 12.6 Å². The van der Waals surface area contributed by atoms with Gasteiger partial charge in [-0.3, -0.25) is 16.0 Å². The molecule has 0 bridgehead atoms. The van der Waals surface area contributed by atoms with Crippen LogP contribution in [0.1, 0.15) is 29.5 Å². The summed E-state index contributed by atoms with van der Waals surface area (Å²) in [7, 11) is 0. The van der Waals surface area contributed by atoms with Crippen LogP contribution < -0.4 is 11.1 Å². The minimum atomic E-state index is -0.512. The summed E-state index contributed by atoms with van der Waals surface area (Å²) in [4.78, 5) is 13.7. The second-order valence-corrected chi connectivity index (χ2v) is 7.35. The molecular weight excluding hydrogens is 348 g/mol. The van der Waals surface area contributed by atoms with Crippen molar-refractivity contribution in [3.8, 4) is 0 Å². The van der Waals surface area contributed by atoms with Gasteiger partial charge in [-0.05, 0) is 80.1 Å². The van der Waals surface area contributed by atoms with Crippen LogP contribution in [0.5, 0.6) is 0 Å². The lowest BCUT2D eigenvalue weighted by Gasteiger charge is -2.32. The Morgan fingerprint density at radius 1 is 1.19 bits per heavy atom. The fourth-order valence-electron chi connectivity index (χ4n) is 3.81. The van der Waals surface area contributed by atoms with Gasteiger partial charge in [0.15, 0.2) is 0 Å². The normalized spacial score (nSPS) is 15.7. The number of hydrogen-bond donors (Lipinski definition) is 2. The van der Waals surface area contributed by atoms with Crippen molar-refractivity contribution < 1.29 is 19.3 Å². The Balaban J connectivity index is 1.59. The van der Waals surface area contributed by atoms with Gasteiger partial charge in [-0.15, -0.1) is 0 Å². The number of anilines is 1. The third kappa shape index (κ3) is 5.34. The van der Waals surface area contributed by atoms with Crippen LogP contribution in [0, 0.1) is 24.5 Å². The first-order valence-electron chi connectivity index (χ1n) is 9.29. The Kier molecular flexibility index (Phi) is 6.19. The molecule has 1 saturated heterocycles. The maximum Gasteiger partial charge on any atom is 0.416 e. The summed E-state index contributed by atoms with van der Waals surface area (Å²) in [6, 6.07) is 9.32. The number of hydrogen-bond acceptors (Lipinski definition) is 2. The van der Waals surface area contributed by atoms with Crippen LogP contribution in [0.3, 0.4) is 0 Å². The quantitative estimate of drug-likeness (QED) is 0.841. The van der Waals surface area contributed by atoms with E-state index in [1.54, 1.807) is 0 Å². The van der Waals surface area contributed by atoms with Crippen molar-refractivity contribution in [2.45, 2.75) is 32.7 Å². The van der Waals surface area contributed by atoms with Gasteiger partial charge in [0.05, 0.1) is 5.69 Å². The van der Waals surface area contributed by atoms with Crippen molar-refractivity contribution in [1.82, 2.24) is 4.90 Å². The number of carbonyl (C=O) groups excluding carboxylic acids is 1. The molecule has 1 fully saturated rings. The third-order valence-corrected chi connectivity index (χ3v) is 5.22. The van der Waals surface area contributed by atoms with Crippen molar-refractivity contribution in [1.29, 1.82) is 0 Å². The molecule has 2 aromatic carbocycles. The average molecular weight is 374 g/mol. The molecule has 0 spiro atoms. The molecule has 1 heterocycles. The summed E-state index contributed by atoms with van der Waals surface area (Å²) in [6.07, 6.45) is 2.68. The lowest BCUT2D eigenvalue weighted by atomic mass is 9.89. The lowest BCUT2D eigenvalue weighted by Crippen LogP contribution is -2.59.